The molecule has 0 radical (unpaired) electrons. The lowest BCUT2D eigenvalue weighted by molar-refractivity contribution is 0.414. The summed E-state index contributed by atoms with van der Waals surface area (Å²) in [4.78, 5) is 4.76. The van der Waals surface area contributed by atoms with Crippen molar-refractivity contribution in [3.63, 3.8) is 0 Å². The molecule has 0 saturated carbocycles. The molecule has 0 unspecified atom stereocenters. The van der Waals surface area contributed by atoms with Gasteiger partial charge in [0.15, 0.2) is 0 Å². The standard InChI is InChI=1S/C42H42N4O2/c1-28(2)12-9-10-13-31-18-21-39-38(24-31)37-20-19-36(26-40(37)45(39)41-27-34(47-5)22-23-43-41)48-35-17-11-16-33(25-35)46-30(4)42(29(3)44-46)32-14-7-6-8-15-32/h6-8,11,14-28H,9-10,12-13H2,1-5H3. The van der Waals surface area contributed by atoms with E-state index in [9.17, 15) is 0 Å². The number of aryl methyl sites for hydroxylation is 2. The summed E-state index contributed by atoms with van der Waals surface area (Å²) in [5.74, 6) is 3.80. The molecule has 0 aliphatic heterocycles. The molecule has 0 N–H and O–H groups in total. The number of fused-ring (bicyclic) bond motifs is 3. The molecule has 7 rings (SSSR count). The summed E-state index contributed by atoms with van der Waals surface area (Å²) < 4.78 is 16.3. The quantitative estimate of drug-likeness (QED) is 0.133. The molecule has 3 heterocycles. The lowest BCUT2D eigenvalue weighted by Gasteiger charge is -2.11. The molecule has 242 valence electrons. The monoisotopic (exact) mass is 634 g/mol. The van der Waals surface area contributed by atoms with Crippen LogP contribution in [0.5, 0.6) is 17.2 Å². The Kier molecular flexibility index (Phi) is 8.72. The van der Waals surface area contributed by atoms with Crippen LogP contribution in [0, 0.1) is 19.8 Å². The van der Waals surface area contributed by atoms with Gasteiger partial charge in [0, 0.05) is 46.4 Å². The van der Waals surface area contributed by atoms with Crippen LogP contribution >= 0.6 is 0 Å². The Morgan fingerprint density at radius 2 is 1.56 bits per heavy atom. The first-order valence-electron chi connectivity index (χ1n) is 16.9. The number of pyridine rings is 1. The summed E-state index contributed by atoms with van der Waals surface area (Å²) in [6.45, 7) is 8.77. The second-order valence-electron chi connectivity index (χ2n) is 13.0. The highest BCUT2D eigenvalue weighted by atomic mass is 16.5. The average Bonchev–Trinajstić information content (AvgIpc) is 3.59. The minimum atomic E-state index is 0.742. The number of ether oxygens (including phenoxy) is 2. The lowest BCUT2D eigenvalue weighted by atomic mass is 10.0. The van der Waals surface area contributed by atoms with Crippen molar-refractivity contribution < 1.29 is 9.47 Å². The molecule has 6 heteroatoms. The van der Waals surface area contributed by atoms with Crippen LogP contribution in [0.4, 0.5) is 0 Å². The van der Waals surface area contributed by atoms with Gasteiger partial charge in [0.1, 0.15) is 23.1 Å². The Hall–Kier alpha value is -5.36. The molecule has 4 aromatic carbocycles. The summed E-state index contributed by atoms with van der Waals surface area (Å²) >= 11 is 0. The molecule has 0 aliphatic rings. The molecule has 3 aromatic heterocycles. The van der Waals surface area contributed by atoms with Gasteiger partial charge < -0.3 is 9.47 Å². The van der Waals surface area contributed by atoms with Gasteiger partial charge in [-0.2, -0.15) is 5.10 Å². The molecule has 6 nitrogen and oxygen atoms in total. The molecule has 0 spiro atoms. The number of aromatic nitrogens is 4. The van der Waals surface area contributed by atoms with Crippen molar-refractivity contribution in [2.24, 2.45) is 5.92 Å². The van der Waals surface area contributed by atoms with Gasteiger partial charge in [0.05, 0.1) is 29.5 Å². The van der Waals surface area contributed by atoms with E-state index in [0.29, 0.717) is 0 Å². The minimum Gasteiger partial charge on any atom is -0.497 e. The Labute approximate surface area is 282 Å². The second-order valence-corrected chi connectivity index (χ2v) is 13.0. The van der Waals surface area contributed by atoms with E-state index in [1.165, 1.54) is 35.8 Å². The minimum absolute atomic E-state index is 0.742. The highest BCUT2D eigenvalue weighted by Gasteiger charge is 2.17. The molecule has 0 saturated heterocycles. The Morgan fingerprint density at radius 1 is 0.729 bits per heavy atom. The molecular formula is C42H42N4O2. The van der Waals surface area contributed by atoms with E-state index in [-0.39, 0.29) is 0 Å². The number of methoxy groups -OCH3 is 1. The summed E-state index contributed by atoms with van der Waals surface area (Å²) in [5, 5.41) is 7.28. The van der Waals surface area contributed by atoms with E-state index < -0.39 is 0 Å². The van der Waals surface area contributed by atoms with Crippen molar-refractivity contribution in [1.82, 2.24) is 19.3 Å². The first-order chi connectivity index (χ1) is 23.4. The zero-order valence-corrected chi connectivity index (χ0v) is 28.4. The zero-order chi connectivity index (χ0) is 33.2. The van der Waals surface area contributed by atoms with Gasteiger partial charge in [0.25, 0.3) is 0 Å². The number of rotatable bonds is 11. The molecular weight excluding hydrogens is 592 g/mol. The van der Waals surface area contributed by atoms with Crippen LogP contribution in [-0.2, 0) is 6.42 Å². The topological polar surface area (TPSA) is 54.1 Å². The van der Waals surface area contributed by atoms with Crippen LogP contribution in [-0.4, -0.2) is 26.4 Å². The number of hydrogen-bond acceptors (Lipinski definition) is 4. The predicted molar refractivity (Wildman–Crippen MR) is 196 cm³/mol. The van der Waals surface area contributed by atoms with Gasteiger partial charge in [-0.25, -0.2) is 9.67 Å². The molecule has 0 atom stereocenters. The summed E-state index contributed by atoms with van der Waals surface area (Å²) in [6, 6.07) is 35.6. The fraction of sp³-hybridized carbons (Fsp3) is 0.238. The van der Waals surface area contributed by atoms with Gasteiger partial charge >= 0.3 is 0 Å². The Balaban J connectivity index is 1.25. The van der Waals surface area contributed by atoms with Crippen LogP contribution < -0.4 is 9.47 Å². The maximum Gasteiger partial charge on any atom is 0.141 e. The number of benzene rings is 4. The normalized spacial score (nSPS) is 11.5. The maximum absolute atomic E-state index is 6.55. The van der Waals surface area contributed by atoms with E-state index in [4.69, 9.17) is 19.6 Å². The van der Waals surface area contributed by atoms with E-state index in [1.54, 1.807) is 13.3 Å². The van der Waals surface area contributed by atoms with Crippen molar-refractivity contribution in [3.05, 3.63) is 126 Å². The van der Waals surface area contributed by atoms with Crippen molar-refractivity contribution in [1.29, 1.82) is 0 Å². The van der Waals surface area contributed by atoms with E-state index >= 15 is 0 Å². The van der Waals surface area contributed by atoms with Gasteiger partial charge in [-0.1, -0.05) is 69.2 Å². The van der Waals surface area contributed by atoms with Crippen molar-refractivity contribution >= 4 is 21.8 Å². The molecule has 0 amide bonds. The number of unbranched alkanes of at least 4 members (excludes halogenated alkanes) is 1. The Bertz CT molecular complexity index is 2210. The molecule has 0 bridgehead atoms. The maximum atomic E-state index is 6.55. The average molecular weight is 635 g/mol. The summed E-state index contributed by atoms with van der Waals surface area (Å²) in [7, 11) is 1.69. The van der Waals surface area contributed by atoms with Crippen LogP contribution in [0.1, 0.15) is 50.1 Å². The largest absolute Gasteiger partial charge is 0.497 e. The van der Waals surface area contributed by atoms with Crippen LogP contribution in [0.2, 0.25) is 0 Å². The lowest BCUT2D eigenvalue weighted by Crippen LogP contribution is -2.00. The number of nitrogens with zero attached hydrogens (tertiary/aromatic N) is 4. The number of hydrogen-bond donors (Lipinski definition) is 0. The van der Waals surface area contributed by atoms with Gasteiger partial charge in [-0.05, 0) is 86.2 Å². The third-order valence-corrected chi connectivity index (χ3v) is 9.13. The van der Waals surface area contributed by atoms with E-state index in [1.807, 2.05) is 41.1 Å². The molecule has 0 aliphatic carbocycles. The first-order valence-corrected chi connectivity index (χ1v) is 16.9. The fourth-order valence-electron chi connectivity index (χ4n) is 6.78. The Morgan fingerprint density at radius 3 is 2.38 bits per heavy atom. The van der Waals surface area contributed by atoms with E-state index in [0.717, 1.165) is 74.5 Å². The van der Waals surface area contributed by atoms with Gasteiger partial charge in [0.2, 0.25) is 0 Å². The SMILES string of the molecule is COc1ccnc(-n2c3ccc(CCCCC(C)C)cc3c3ccc(Oc4cccc(-n5nc(C)c(-c6ccccc6)c5C)c4)cc32)c1. The van der Waals surface area contributed by atoms with Crippen LogP contribution in [0.3, 0.4) is 0 Å². The highest BCUT2D eigenvalue weighted by Crippen LogP contribution is 2.37. The van der Waals surface area contributed by atoms with Crippen molar-refractivity contribution in [2.75, 3.05) is 7.11 Å². The van der Waals surface area contributed by atoms with Crippen molar-refractivity contribution in [2.45, 2.75) is 53.4 Å². The summed E-state index contributed by atoms with van der Waals surface area (Å²) in [6.07, 6.45) is 6.59. The highest BCUT2D eigenvalue weighted by molar-refractivity contribution is 6.09. The second kappa shape index (κ2) is 13.4. The summed E-state index contributed by atoms with van der Waals surface area (Å²) in [5.41, 5.74) is 8.85. The molecule has 48 heavy (non-hydrogen) atoms. The fourth-order valence-corrected chi connectivity index (χ4v) is 6.78. The molecule has 0 fully saturated rings. The third kappa shape index (κ3) is 6.18. The van der Waals surface area contributed by atoms with E-state index in [2.05, 4.69) is 99.0 Å². The zero-order valence-electron chi connectivity index (χ0n) is 28.4. The van der Waals surface area contributed by atoms with Crippen molar-refractivity contribution in [3.8, 4) is 39.9 Å². The molecule has 7 aromatic rings. The first kappa shape index (κ1) is 31.3. The van der Waals surface area contributed by atoms with Gasteiger partial charge in [-0.3, -0.25) is 4.57 Å². The van der Waals surface area contributed by atoms with Gasteiger partial charge in [-0.15, -0.1) is 0 Å². The van der Waals surface area contributed by atoms with Crippen LogP contribution in [0.25, 0.3) is 44.4 Å². The third-order valence-electron chi connectivity index (χ3n) is 9.13. The predicted octanol–water partition coefficient (Wildman–Crippen LogP) is 10.8. The smallest absolute Gasteiger partial charge is 0.141 e. The van der Waals surface area contributed by atoms with Crippen LogP contribution in [0.15, 0.2) is 109 Å².